The van der Waals surface area contributed by atoms with Crippen molar-refractivity contribution in [3.05, 3.63) is 64.7 Å². The third-order valence-corrected chi connectivity index (χ3v) is 4.70. The number of anilines is 1. The van der Waals surface area contributed by atoms with Gasteiger partial charge in [0, 0.05) is 10.8 Å². The summed E-state index contributed by atoms with van der Waals surface area (Å²) in [6, 6.07) is 12.2. The van der Waals surface area contributed by atoms with E-state index in [9.17, 15) is 18.0 Å². The Bertz CT molecular complexity index is 721. The highest BCUT2D eigenvalue weighted by Crippen LogP contribution is 2.34. The van der Waals surface area contributed by atoms with Crippen molar-refractivity contribution in [2.45, 2.75) is 24.1 Å². The molecule has 2 nitrogen and oxygen atoms in total. The number of alkyl halides is 3. The molecule has 2 aromatic rings. The lowest BCUT2D eigenvalue weighted by atomic mass is 10.1. The normalized spacial score (nSPS) is 12.7. The molecule has 0 radical (unpaired) electrons. The topological polar surface area (TPSA) is 29.1 Å². The van der Waals surface area contributed by atoms with Crippen LogP contribution in [0.25, 0.3) is 0 Å². The first-order valence-corrected chi connectivity index (χ1v) is 8.53. The molecule has 1 atom stereocenters. The van der Waals surface area contributed by atoms with E-state index < -0.39 is 22.9 Å². The van der Waals surface area contributed by atoms with Crippen LogP contribution in [0.4, 0.5) is 18.9 Å². The van der Waals surface area contributed by atoms with Gasteiger partial charge in [0.05, 0.1) is 16.5 Å². The van der Waals surface area contributed by atoms with Gasteiger partial charge in [0.2, 0.25) is 5.91 Å². The van der Waals surface area contributed by atoms with E-state index in [-0.39, 0.29) is 5.69 Å². The van der Waals surface area contributed by atoms with Crippen molar-refractivity contribution in [2.75, 3.05) is 5.32 Å². The van der Waals surface area contributed by atoms with Crippen LogP contribution in [-0.2, 0) is 16.7 Å². The van der Waals surface area contributed by atoms with E-state index in [0.29, 0.717) is 10.8 Å². The molecule has 2 rings (SSSR count). The van der Waals surface area contributed by atoms with E-state index >= 15 is 0 Å². The molecule has 128 valence electrons. The molecule has 7 heteroatoms. The molecule has 0 aromatic heterocycles. The van der Waals surface area contributed by atoms with E-state index in [4.69, 9.17) is 11.6 Å². The molecule has 0 fully saturated rings. The zero-order valence-corrected chi connectivity index (χ0v) is 14.3. The molecule has 0 bridgehead atoms. The lowest BCUT2D eigenvalue weighted by Gasteiger charge is -2.16. The van der Waals surface area contributed by atoms with Crippen molar-refractivity contribution in [3.8, 4) is 0 Å². The van der Waals surface area contributed by atoms with Crippen molar-refractivity contribution in [1.82, 2.24) is 0 Å². The number of carbonyl (C=O) groups excluding carboxylic acids is 1. The Balaban J connectivity index is 2.00. The molecule has 0 aliphatic heterocycles. The maximum atomic E-state index is 12.9. The second kappa shape index (κ2) is 7.94. The first-order valence-electron chi connectivity index (χ1n) is 7.10. The second-order valence-electron chi connectivity index (χ2n) is 5.12. The number of hydrogen-bond acceptors (Lipinski definition) is 2. The highest BCUT2D eigenvalue weighted by molar-refractivity contribution is 7.99. The smallest absolute Gasteiger partial charge is 0.325 e. The van der Waals surface area contributed by atoms with Crippen molar-refractivity contribution in [2.24, 2.45) is 0 Å². The highest BCUT2D eigenvalue weighted by Gasteiger charge is 2.33. The van der Waals surface area contributed by atoms with Crippen molar-refractivity contribution in [3.63, 3.8) is 0 Å². The van der Waals surface area contributed by atoms with Gasteiger partial charge in [-0.25, -0.2) is 0 Å². The molecule has 0 aliphatic rings. The largest absolute Gasteiger partial charge is 0.418 e. The van der Waals surface area contributed by atoms with E-state index in [1.807, 2.05) is 12.1 Å². The summed E-state index contributed by atoms with van der Waals surface area (Å²) in [6.07, 6.45) is -4.51. The summed E-state index contributed by atoms with van der Waals surface area (Å²) in [6.45, 7) is 1.65. The minimum absolute atomic E-state index is 0.231. The Labute approximate surface area is 147 Å². The predicted molar refractivity (Wildman–Crippen MR) is 92.3 cm³/mol. The maximum Gasteiger partial charge on any atom is 0.418 e. The van der Waals surface area contributed by atoms with E-state index in [1.165, 1.54) is 30.0 Å². The summed E-state index contributed by atoms with van der Waals surface area (Å²) >= 11 is 7.22. The molecule has 1 unspecified atom stereocenters. The molecule has 2 aromatic carbocycles. The first kappa shape index (κ1) is 18.7. The van der Waals surface area contributed by atoms with Crippen LogP contribution in [0.5, 0.6) is 0 Å². The molecule has 1 N–H and O–H groups in total. The van der Waals surface area contributed by atoms with Crippen LogP contribution in [0.15, 0.2) is 48.5 Å². The van der Waals surface area contributed by atoms with Gasteiger partial charge in [-0.3, -0.25) is 4.79 Å². The fourth-order valence-corrected chi connectivity index (χ4v) is 3.04. The molecule has 1 amide bonds. The fourth-order valence-electron chi connectivity index (χ4n) is 2.00. The van der Waals surface area contributed by atoms with Crippen molar-refractivity contribution < 1.29 is 18.0 Å². The number of nitrogens with one attached hydrogen (secondary N) is 1. The van der Waals surface area contributed by atoms with E-state index in [1.54, 1.807) is 19.1 Å². The van der Waals surface area contributed by atoms with Gasteiger partial charge in [-0.15, -0.1) is 11.8 Å². The van der Waals surface area contributed by atoms with Gasteiger partial charge in [-0.2, -0.15) is 13.2 Å². The van der Waals surface area contributed by atoms with Gasteiger partial charge in [-0.1, -0.05) is 35.9 Å². The number of hydrogen-bond donors (Lipinski definition) is 1. The minimum atomic E-state index is -4.51. The summed E-state index contributed by atoms with van der Waals surface area (Å²) in [5.74, 6) is 0.0644. The van der Waals surface area contributed by atoms with Gasteiger partial charge in [0.15, 0.2) is 0 Å². The zero-order valence-electron chi connectivity index (χ0n) is 12.7. The van der Waals surface area contributed by atoms with Crippen LogP contribution in [0.2, 0.25) is 5.02 Å². The monoisotopic (exact) mass is 373 g/mol. The number of halogens is 4. The Morgan fingerprint density at radius 3 is 2.58 bits per heavy atom. The fraction of sp³-hybridized carbons (Fsp3) is 0.235. The molecular formula is C17H15ClF3NOS. The number of rotatable bonds is 5. The number of benzene rings is 2. The Hall–Kier alpha value is -1.66. The second-order valence-corrected chi connectivity index (χ2v) is 6.88. The van der Waals surface area contributed by atoms with Crippen molar-refractivity contribution >= 4 is 35.0 Å². The number of carbonyl (C=O) groups is 1. The van der Waals surface area contributed by atoms with Crippen LogP contribution in [-0.4, -0.2) is 11.2 Å². The summed E-state index contributed by atoms with van der Waals surface area (Å²) in [5, 5.41) is 2.45. The van der Waals surface area contributed by atoms with Crippen LogP contribution >= 0.6 is 23.4 Å². The molecule has 0 saturated heterocycles. The van der Waals surface area contributed by atoms with Gasteiger partial charge >= 0.3 is 6.18 Å². The van der Waals surface area contributed by atoms with E-state index in [2.05, 4.69) is 5.32 Å². The predicted octanol–water partition coefficient (Wildman–Crippen LogP) is 5.62. The third kappa shape index (κ3) is 5.18. The van der Waals surface area contributed by atoms with E-state index in [0.717, 1.165) is 11.6 Å². The van der Waals surface area contributed by atoms with Crippen LogP contribution < -0.4 is 5.32 Å². The number of para-hydroxylation sites is 1. The molecule has 0 saturated carbocycles. The molecular weight excluding hydrogens is 359 g/mol. The Morgan fingerprint density at radius 1 is 1.21 bits per heavy atom. The molecule has 0 heterocycles. The lowest BCUT2D eigenvalue weighted by molar-refractivity contribution is -0.137. The summed E-state index contributed by atoms with van der Waals surface area (Å²) in [4.78, 5) is 12.2. The van der Waals surface area contributed by atoms with Crippen LogP contribution in [0.3, 0.4) is 0 Å². The number of amides is 1. The SMILES string of the molecule is CC(SCc1cccc(Cl)c1)C(=O)Nc1ccccc1C(F)(F)F. The highest BCUT2D eigenvalue weighted by atomic mass is 35.5. The van der Waals surface area contributed by atoms with Gasteiger partial charge < -0.3 is 5.32 Å². The van der Waals surface area contributed by atoms with Gasteiger partial charge in [0.25, 0.3) is 0 Å². The summed E-state index contributed by atoms with van der Waals surface area (Å²) in [5.41, 5.74) is -0.140. The Kier molecular flexibility index (Phi) is 6.18. The Morgan fingerprint density at radius 2 is 1.92 bits per heavy atom. The first-order chi connectivity index (χ1) is 11.3. The average Bonchev–Trinajstić information content (AvgIpc) is 2.52. The molecule has 0 aliphatic carbocycles. The zero-order chi connectivity index (χ0) is 17.7. The number of thioether (sulfide) groups is 1. The quantitative estimate of drug-likeness (QED) is 0.737. The van der Waals surface area contributed by atoms with Gasteiger partial charge in [-0.05, 0) is 36.8 Å². The van der Waals surface area contributed by atoms with Crippen LogP contribution in [0.1, 0.15) is 18.1 Å². The van der Waals surface area contributed by atoms with Crippen molar-refractivity contribution in [1.29, 1.82) is 0 Å². The van der Waals surface area contributed by atoms with Crippen LogP contribution in [0, 0.1) is 0 Å². The third-order valence-electron chi connectivity index (χ3n) is 3.25. The minimum Gasteiger partial charge on any atom is -0.325 e. The van der Waals surface area contributed by atoms with Gasteiger partial charge in [0.1, 0.15) is 0 Å². The molecule has 0 spiro atoms. The standard InChI is InChI=1S/C17H15ClF3NOS/c1-11(24-10-12-5-4-6-13(18)9-12)16(23)22-15-8-3-2-7-14(15)17(19,20)21/h2-9,11H,10H2,1H3,(H,22,23). The maximum absolute atomic E-state index is 12.9. The average molecular weight is 374 g/mol. The molecule has 24 heavy (non-hydrogen) atoms. The lowest BCUT2D eigenvalue weighted by Crippen LogP contribution is -2.24. The summed E-state index contributed by atoms with van der Waals surface area (Å²) in [7, 11) is 0. The summed E-state index contributed by atoms with van der Waals surface area (Å²) < 4.78 is 38.8.